The molecule has 3 N–H and O–H groups in total. The standard InChI is InChI=1S/C12H17BrN2O2/c1-3-10(14)12(16)15-11-6-4-5-9(13)8(11)7-17-2/h4-6,10H,3,7,14H2,1-2H3,(H,15,16). The molecule has 1 amide bonds. The van der Waals surface area contributed by atoms with Crippen LogP contribution in [0, 0.1) is 0 Å². The normalized spacial score (nSPS) is 12.2. The molecule has 0 saturated carbocycles. The minimum absolute atomic E-state index is 0.178. The van der Waals surface area contributed by atoms with Crippen LogP contribution in [0.25, 0.3) is 0 Å². The lowest BCUT2D eigenvalue weighted by Gasteiger charge is -2.14. The van der Waals surface area contributed by atoms with Crippen LogP contribution >= 0.6 is 15.9 Å². The highest BCUT2D eigenvalue weighted by Gasteiger charge is 2.14. The van der Waals surface area contributed by atoms with Crippen molar-refractivity contribution in [3.63, 3.8) is 0 Å². The summed E-state index contributed by atoms with van der Waals surface area (Å²) in [4.78, 5) is 11.7. The van der Waals surface area contributed by atoms with Crippen LogP contribution in [0.5, 0.6) is 0 Å². The molecule has 0 aliphatic carbocycles. The molecule has 0 fully saturated rings. The van der Waals surface area contributed by atoms with Gasteiger partial charge >= 0.3 is 0 Å². The van der Waals surface area contributed by atoms with Gasteiger partial charge in [-0.3, -0.25) is 4.79 Å². The Morgan fingerprint density at radius 3 is 2.88 bits per heavy atom. The van der Waals surface area contributed by atoms with E-state index in [-0.39, 0.29) is 5.91 Å². The quantitative estimate of drug-likeness (QED) is 0.877. The average molecular weight is 301 g/mol. The van der Waals surface area contributed by atoms with Crippen LogP contribution in [0.2, 0.25) is 0 Å². The number of nitrogens with two attached hydrogens (primary N) is 1. The lowest BCUT2D eigenvalue weighted by molar-refractivity contribution is -0.117. The zero-order valence-electron chi connectivity index (χ0n) is 10.00. The Morgan fingerprint density at radius 1 is 1.59 bits per heavy atom. The van der Waals surface area contributed by atoms with Gasteiger partial charge in [-0.05, 0) is 18.6 Å². The van der Waals surface area contributed by atoms with Crippen molar-refractivity contribution in [2.75, 3.05) is 12.4 Å². The number of halogens is 1. The molecular formula is C12H17BrN2O2. The van der Waals surface area contributed by atoms with Gasteiger partial charge in [0.05, 0.1) is 12.6 Å². The van der Waals surface area contributed by atoms with Gasteiger partial charge in [-0.2, -0.15) is 0 Å². The van der Waals surface area contributed by atoms with Crippen LogP contribution in [0.3, 0.4) is 0 Å². The monoisotopic (exact) mass is 300 g/mol. The van der Waals surface area contributed by atoms with Crippen LogP contribution < -0.4 is 11.1 Å². The van der Waals surface area contributed by atoms with Gasteiger partial charge in [-0.1, -0.05) is 28.9 Å². The summed E-state index contributed by atoms with van der Waals surface area (Å²) in [6.45, 7) is 2.31. The number of amides is 1. The SMILES string of the molecule is CCC(N)C(=O)Nc1cccc(Br)c1COC. The molecule has 0 bridgehead atoms. The summed E-state index contributed by atoms with van der Waals surface area (Å²) < 4.78 is 6.01. The molecule has 0 saturated heterocycles. The maximum atomic E-state index is 11.7. The lowest BCUT2D eigenvalue weighted by atomic mass is 10.1. The largest absolute Gasteiger partial charge is 0.380 e. The molecule has 1 unspecified atom stereocenters. The van der Waals surface area contributed by atoms with Gasteiger partial charge in [0.25, 0.3) is 0 Å². The number of rotatable bonds is 5. The molecule has 0 aliphatic rings. The van der Waals surface area contributed by atoms with Crippen LogP contribution in [-0.2, 0) is 16.1 Å². The molecule has 94 valence electrons. The first kappa shape index (κ1) is 14.2. The summed E-state index contributed by atoms with van der Waals surface area (Å²) in [6, 6.07) is 5.11. The fourth-order valence-electron chi connectivity index (χ4n) is 1.38. The lowest BCUT2D eigenvalue weighted by Crippen LogP contribution is -2.35. The van der Waals surface area contributed by atoms with Gasteiger partial charge in [0, 0.05) is 22.8 Å². The predicted octanol–water partition coefficient (Wildman–Crippen LogP) is 2.27. The first-order valence-corrected chi connectivity index (χ1v) is 6.22. The fourth-order valence-corrected chi connectivity index (χ4v) is 1.86. The third kappa shape index (κ3) is 3.80. The number of anilines is 1. The zero-order chi connectivity index (χ0) is 12.8. The molecule has 0 spiro atoms. The number of methoxy groups -OCH3 is 1. The minimum atomic E-state index is -0.482. The van der Waals surface area contributed by atoms with E-state index in [1.54, 1.807) is 7.11 Å². The molecule has 0 aromatic heterocycles. The van der Waals surface area contributed by atoms with Crippen molar-refractivity contribution in [2.24, 2.45) is 5.73 Å². The maximum absolute atomic E-state index is 11.7. The molecule has 0 aliphatic heterocycles. The second-order valence-corrected chi connectivity index (χ2v) is 4.56. The number of benzene rings is 1. The second-order valence-electron chi connectivity index (χ2n) is 3.70. The van der Waals surface area contributed by atoms with Crippen LogP contribution in [0.4, 0.5) is 5.69 Å². The molecule has 1 aromatic rings. The predicted molar refractivity (Wildman–Crippen MR) is 71.8 cm³/mol. The van der Waals surface area contributed by atoms with Gasteiger partial charge < -0.3 is 15.8 Å². The molecule has 17 heavy (non-hydrogen) atoms. The van der Waals surface area contributed by atoms with Crippen molar-refractivity contribution in [2.45, 2.75) is 26.0 Å². The highest BCUT2D eigenvalue weighted by Crippen LogP contribution is 2.25. The molecule has 5 heteroatoms. The molecule has 4 nitrogen and oxygen atoms in total. The van der Waals surface area contributed by atoms with Crippen LogP contribution in [0.15, 0.2) is 22.7 Å². The fraction of sp³-hybridized carbons (Fsp3) is 0.417. The molecule has 0 heterocycles. The van der Waals surface area contributed by atoms with Crippen LogP contribution in [0.1, 0.15) is 18.9 Å². The van der Waals surface area contributed by atoms with Gasteiger partial charge in [-0.15, -0.1) is 0 Å². The maximum Gasteiger partial charge on any atom is 0.241 e. The first-order chi connectivity index (χ1) is 8.10. The number of carbonyl (C=O) groups is 1. The average Bonchev–Trinajstić information content (AvgIpc) is 2.32. The molecule has 1 atom stereocenters. The highest BCUT2D eigenvalue weighted by molar-refractivity contribution is 9.10. The number of ether oxygens (including phenoxy) is 1. The van der Waals surface area contributed by atoms with E-state index in [9.17, 15) is 4.79 Å². The number of carbonyl (C=O) groups excluding carboxylic acids is 1. The Morgan fingerprint density at radius 2 is 2.29 bits per heavy atom. The second kappa shape index (κ2) is 6.74. The van der Waals surface area contributed by atoms with E-state index in [2.05, 4.69) is 21.2 Å². The summed E-state index contributed by atoms with van der Waals surface area (Å²) in [5.41, 5.74) is 7.31. The minimum Gasteiger partial charge on any atom is -0.380 e. The van der Waals surface area contributed by atoms with Gasteiger partial charge in [0.1, 0.15) is 0 Å². The Labute approximate surface area is 110 Å². The Kier molecular flexibility index (Phi) is 5.61. The van der Waals surface area contributed by atoms with Gasteiger partial charge in [0.15, 0.2) is 0 Å². The van der Waals surface area contributed by atoms with E-state index in [1.807, 2.05) is 25.1 Å². The number of hydrogen-bond donors (Lipinski definition) is 2. The highest BCUT2D eigenvalue weighted by atomic mass is 79.9. The number of hydrogen-bond acceptors (Lipinski definition) is 3. The summed E-state index contributed by atoms with van der Waals surface area (Å²) >= 11 is 3.43. The first-order valence-electron chi connectivity index (χ1n) is 5.42. The third-order valence-electron chi connectivity index (χ3n) is 2.44. The summed E-state index contributed by atoms with van der Waals surface area (Å²) in [5, 5.41) is 2.81. The van der Waals surface area contributed by atoms with Crippen molar-refractivity contribution in [3.8, 4) is 0 Å². The smallest absolute Gasteiger partial charge is 0.241 e. The number of nitrogens with one attached hydrogen (secondary N) is 1. The Bertz CT molecular complexity index is 396. The summed E-state index contributed by atoms with van der Waals surface area (Å²) in [7, 11) is 1.61. The summed E-state index contributed by atoms with van der Waals surface area (Å²) in [6.07, 6.45) is 0.611. The van der Waals surface area contributed by atoms with E-state index in [0.29, 0.717) is 13.0 Å². The van der Waals surface area contributed by atoms with E-state index < -0.39 is 6.04 Å². The van der Waals surface area contributed by atoms with Crippen molar-refractivity contribution >= 4 is 27.5 Å². The van der Waals surface area contributed by atoms with Gasteiger partial charge in [0.2, 0.25) is 5.91 Å². The summed E-state index contributed by atoms with van der Waals surface area (Å²) in [5.74, 6) is -0.178. The van der Waals surface area contributed by atoms with Crippen molar-refractivity contribution in [1.29, 1.82) is 0 Å². The van der Waals surface area contributed by atoms with Crippen molar-refractivity contribution in [3.05, 3.63) is 28.2 Å². The molecule has 1 aromatic carbocycles. The van der Waals surface area contributed by atoms with E-state index >= 15 is 0 Å². The third-order valence-corrected chi connectivity index (χ3v) is 3.18. The molecule has 1 rings (SSSR count). The topological polar surface area (TPSA) is 64.4 Å². The van der Waals surface area contributed by atoms with Crippen LogP contribution in [-0.4, -0.2) is 19.1 Å². The van der Waals surface area contributed by atoms with Crippen molar-refractivity contribution < 1.29 is 9.53 Å². The molecular weight excluding hydrogens is 284 g/mol. The van der Waals surface area contributed by atoms with Crippen molar-refractivity contribution in [1.82, 2.24) is 0 Å². The van der Waals surface area contributed by atoms with E-state index in [4.69, 9.17) is 10.5 Å². The van der Waals surface area contributed by atoms with E-state index in [1.165, 1.54) is 0 Å². The Balaban J connectivity index is 2.90. The Hall–Kier alpha value is -0.910. The molecule has 0 radical (unpaired) electrons. The van der Waals surface area contributed by atoms with E-state index in [0.717, 1.165) is 15.7 Å². The van der Waals surface area contributed by atoms with Gasteiger partial charge in [-0.25, -0.2) is 0 Å². The zero-order valence-corrected chi connectivity index (χ0v) is 11.6.